The maximum absolute atomic E-state index is 12.0. The summed E-state index contributed by atoms with van der Waals surface area (Å²) in [5.74, 6) is 0.679. The zero-order chi connectivity index (χ0) is 20.7. The van der Waals surface area contributed by atoms with Crippen LogP contribution in [0.5, 0.6) is 0 Å². The summed E-state index contributed by atoms with van der Waals surface area (Å²) in [6, 6.07) is 7.82. The number of rotatable bonds is 7. The average molecular weight is 385 g/mol. The third-order valence-corrected chi connectivity index (χ3v) is 4.76. The lowest BCUT2D eigenvalue weighted by molar-refractivity contribution is 0.0955. The highest BCUT2D eigenvalue weighted by Gasteiger charge is 2.14. The molecule has 0 aliphatic rings. The fourth-order valence-corrected chi connectivity index (χ4v) is 3.17. The minimum atomic E-state index is -0.0531. The van der Waals surface area contributed by atoms with Gasteiger partial charge in [0.25, 0.3) is 5.91 Å². The number of benzene rings is 1. The van der Waals surface area contributed by atoms with Gasteiger partial charge in [0.2, 0.25) is 0 Å². The fraction of sp³-hybridized carbons (Fsp3) is 0.476. The lowest BCUT2D eigenvalue weighted by Gasteiger charge is -2.18. The quantitative estimate of drug-likeness (QED) is 0.504. The van der Waals surface area contributed by atoms with E-state index in [0.717, 1.165) is 23.6 Å². The molecule has 2 aromatic rings. The van der Waals surface area contributed by atoms with E-state index in [1.54, 1.807) is 7.05 Å². The standard InChI is InChI=1S/C21H32N6O/c1-7-23-20(28)18-10-8-9-17(12-18)13-24-21(22-5)25-14(2)11-19-15(3)26-27(6)16(19)4/h8-10,12,14H,7,11,13H2,1-6H3,(H,23,28)(H2,22,24,25). The summed E-state index contributed by atoms with van der Waals surface area (Å²) in [6.07, 6.45) is 0.874. The van der Waals surface area contributed by atoms with E-state index in [-0.39, 0.29) is 11.9 Å². The van der Waals surface area contributed by atoms with Crippen LogP contribution in [-0.4, -0.2) is 41.3 Å². The first-order valence-electron chi connectivity index (χ1n) is 9.69. The molecule has 0 aliphatic carbocycles. The Hall–Kier alpha value is -2.83. The maximum atomic E-state index is 12.0. The Kier molecular flexibility index (Phi) is 7.61. The lowest BCUT2D eigenvalue weighted by atomic mass is 10.1. The van der Waals surface area contributed by atoms with Crippen molar-refractivity contribution in [2.75, 3.05) is 13.6 Å². The van der Waals surface area contributed by atoms with E-state index >= 15 is 0 Å². The van der Waals surface area contributed by atoms with Crippen molar-refractivity contribution in [3.63, 3.8) is 0 Å². The van der Waals surface area contributed by atoms with Crippen LogP contribution in [0.15, 0.2) is 29.3 Å². The first-order valence-corrected chi connectivity index (χ1v) is 9.69. The van der Waals surface area contributed by atoms with Gasteiger partial charge in [-0.3, -0.25) is 14.5 Å². The minimum absolute atomic E-state index is 0.0531. The number of aryl methyl sites for hydroxylation is 2. The van der Waals surface area contributed by atoms with Crippen LogP contribution in [0.2, 0.25) is 0 Å². The predicted molar refractivity (Wildman–Crippen MR) is 114 cm³/mol. The highest BCUT2D eigenvalue weighted by molar-refractivity contribution is 5.94. The SMILES string of the molecule is CCNC(=O)c1cccc(CNC(=NC)NC(C)Cc2c(C)nn(C)c2C)c1. The van der Waals surface area contributed by atoms with Crippen molar-refractivity contribution in [2.45, 2.75) is 46.7 Å². The maximum Gasteiger partial charge on any atom is 0.251 e. The molecular weight excluding hydrogens is 352 g/mol. The number of hydrogen-bond donors (Lipinski definition) is 3. The summed E-state index contributed by atoms with van der Waals surface area (Å²) in [5, 5.41) is 14.1. The Morgan fingerprint density at radius 1 is 1.29 bits per heavy atom. The van der Waals surface area contributed by atoms with E-state index in [1.807, 2.05) is 49.8 Å². The van der Waals surface area contributed by atoms with E-state index < -0.39 is 0 Å². The molecule has 0 bridgehead atoms. The largest absolute Gasteiger partial charge is 0.354 e. The van der Waals surface area contributed by atoms with Gasteiger partial charge >= 0.3 is 0 Å². The second-order valence-corrected chi connectivity index (χ2v) is 7.01. The number of aromatic nitrogens is 2. The molecule has 7 nitrogen and oxygen atoms in total. The number of nitrogens with one attached hydrogen (secondary N) is 3. The van der Waals surface area contributed by atoms with Gasteiger partial charge < -0.3 is 16.0 Å². The molecule has 3 N–H and O–H groups in total. The predicted octanol–water partition coefficient (Wildman–Crippen LogP) is 2.08. The zero-order valence-electron chi connectivity index (χ0n) is 17.8. The van der Waals surface area contributed by atoms with Crippen molar-refractivity contribution in [2.24, 2.45) is 12.0 Å². The summed E-state index contributed by atoms with van der Waals surface area (Å²) >= 11 is 0. The van der Waals surface area contributed by atoms with Crippen LogP contribution in [0.3, 0.4) is 0 Å². The first kappa shape index (κ1) is 21.5. The molecule has 0 saturated carbocycles. The van der Waals surface area contributed by atoms with Gasteiger partial charge in [0.05, 0.1) is 5.69 Å². The molecule has 152 valence electrons. The third kappa shape index (κ3) is 5.58. The van der Waals surface area contributed by atoms with E-state index in [9.17, 15) is 4.79 Å². The second kappa shape index (κ2) is 9.92. The molecule has 0 aliphatic heterocycles. The van der Waals surface area contributed by atoms with Crippen molar-refractivity contribution in [1.82, 2.24) is 25.7 Å². The molecule has 1 aromatic carbocycles. The van der Waals surface area contributed by atoms with Gasteiger partial charge in [0.15, 0.2) is 5.96 Å². The number of guanidine groups is 1. The van der Waals surface area contributed by atoms with Crippen LogP contribution in [-0.2, 0) is 20.0 Å². The van der Waals surface area contributed by atoms with Crippen molar-refractivity contribution < 1.29 is 4.79 Å². The molecule has 1 aromatic heterocycles. The van der Waals surface area contributed by atoms with Crippen LogP contribution in [0.25, 0.3) is 0 Å². The highest BCUT2D eigenvalue weighted by Crippen LogP contribution is 2.14. The van der Waals surface area contributed by atoms with Crippen LogP contribution >= 0.6 is 0 Å². The van der Waals surface area contributed by atoms with Gasteiger partial charge in [-0.2, -0.15) is 5.10 Å². The van der Waals surface area contributed by atoms with Crippen LogP contribution in [0.4, 0.5) is 0 Å². The molecule has 7 heteroatoms. The van der Waals surface area contributed by atoms with Crippen LogP contribution in [0.1, 0.15) is 46.7 Å². The van der Waals surface area contributed by atoms with Gasteiger partial charge in [0.1, 0.15) is 0 Å². The summed E-state index contributed by atoms with van der Waals surface area (Å²) in [5.41, 5.74) is 5.22. The van der Waals surface area contributed by atoms with Crippen LogP contribution in [0, 0.1) is 13.8 Å². The number of carbonyl (C=O) groups is 1. The molecule has 1 atom stereocenters. The molecule has 0 saturated heterocycles. The van der Waals surface area contributed by atoms with E-state index in [0.29, 0.717) is 18.7 Å². The molecule has 0 fully saturated rings. The molecule has 0 spiro atoms. The number of amides is 1. The van der Waals surface area contributed by atoms with Crippen molar-refractivity contribution in [1.29, 1.82) is 0 Å². The van der Waals surface area contributed by atoms with Gasteiger partial charge in [-0.15, -0.1) is 0 Å². The Morgan fingerprint density at radius 3 is 2.64 bits per heavy atom. The molecule has 1 unspecified atom stereocenters. The van der Waals surface area contributed by atoms with Gasteiger partial charge in [0, 0.05) is 44.5 Å². The highest BCUT2D eigenvalue weighted by atomic mass is 16.1. The van der Waals surface area contributed by atoms with Crippen molar-refractivity contribution in [3.8, 4) is 0 Å². The molecule has 28 heavy (non-hydrogen) atoms. The Labute approximate surface area is 167 Å². The summed E-state index contributed by atoms with van der Waals surface area (Å²) in [6.45, 7) is 9.39. The minimum Gasteiger partial charge on any atom is -0.354 e. The van der Waals surface area contributed by atoms with E-state index in [1.165, 1.54) is 11.3 Å². The van der Waals surface area contributed by atoms with E-state index in [2.05, 4.69) is 39.9 Å². The number of aliphatic imine (C=N–C) groups is 1. The number of nitrogens with zero attached hydrogens (tertiary/aromatic N) is 3. The fourth-order valence-electron chi connectivity index (χ4n) is 3.17. The zero-order valence-corrected chi connectivity index (χ0v) is 17.8. The Balaban J connectivity index is 1.94. The average Bonchev–Trinajstić information content (AvgIpc) is 2.91. The normalized spacial score (nSPS) is 12.6. The summed E-state index contributed by atoms with van der Waals surface area (Å²) < 4.78 is 1.92. The summed E-state index contributed by atoms with van der Waals surface area (Å²) in [7, 11) is 3.73. The van der Waals surface area contributed by atoms with Crippen molar-refractivity contribution in [3.05, 3.63) is 52.3 Å². The van der Waals surface area contributed by atoms with Gasteiger partial charge in [-0.1, -0.05) is 12.1 Å². The van der Waals surface area contributed by atoms with Crippen LogP contribution < -0.4 is 16.0 Å². The molecular formula is C21H32N6O. The van der Waals surface area contributed by atoms with Gasteiger partial charge in [-0.05, 0) is 57.4 Å². The summed E-state index contributed by atoms with van der Waals surface area (Å²) in [4.78, 5) is 16.3. The third-order valence-electron chi connectivity index (χ3n) is 4.76. The molecule has 1 amide bonds. The first-order chi connectivity index (χ1) is 13.3. The number of carbonyl (C=O) groups excluding carboxylic acids is 1. The second-order valence-electron chi connectivity index (χ2n) is 7.01. The lowest BCUT2D eigenvalue weighted by Crippen LogP contribution is -2.42. The topological polar surface area (TPSA) is 83.3 Å². The van der Waals surface area contributed by atoms with Crippen molar-refractivity contribution >= 4 is 11.9 Å². The van der Waals surface area contributed by atoms with Gasteiger partial charge in [-0.25, -0.2) is 0 Å². The monoisotopic (exact) mass is 384 g/mol. The molecule has 1 heterocycles. The van der Waals surface area contributed by atoms with E-state index in [4.69, 9.17) is 0 Å². The molecule has 0 radical (unpaired) electrons. The Morgan fingerprint density at radius 2 is 2.04 bits per heavy atom. The smallest absolute Gasteiger partial charge is 0.251 e. The number of hydrogen-bond acceptors (Lipinski definition) is 3. The molecule has 2 rings (SSSR count). The Bertz CT molecular complexity index is 839.